The summed E-state index contributed by atoms with van der Waals surface area (Å²) in [6.45, 7) is 1.56. The summed E-state index contributed by atoms with van der Waals surface area (Å²) in [5, 5.41) is 0. The number of hydrogen-bond donors (Lipinski definition) is 1. The van der Waals surface area contributed by atoms with Crippen LogP contribution >= 0.6 is 12.2 Å². The van der Waals surface area contributed by atoms with Crippen molar-refractivity contribution in [3.63, 3.8) is 0 Å². The Bertz CT molecular complexity index is 406. The van der Waals surface area contributed by atoms with Gasteiger partial charge in [-0.2, -0.15) is 0 Å². The van der Waals surface area contributed by atoms with E-state index in [9.17, 15) is 0 Å². The summed E-state index contributed by atoms with van der Waals surface area (Å²) in [6.07, 6.45) is 2.45. The Morgan fingerprint density at radius 1 is 1.59 bits per heavy atom. The number of rotatable bonds is 6. The molecule has 1 fully saturated rings. The maximum Gasteiger partial charge on any atom is 0.129 e. The molecule has 5 heteroatoms. The summed E-state index contributed by atoms with van der Waals surface area (Å²) < 4.78 is 5.13. The van der Waals surface area contributed by atoms with Crippen LogP contribution in [0.2, 0.25) is 0 Å². The van der Waals surface area contributed by atoms with Gasteiger partial charge in [-0.3, -0.25) is 0 Å². The predicted molar refractivity (Wildman–Crippen MR) is 72.4 cm³/mol. The molecule has 2 N–H and O–H groups in total. The lowest BCUT2D eigenvalue weighted by Gasteiger charge is -2.23. The molecule has 2 rings (SSSR count). The molecule has 0 bridgehead atoms. The van der Waals surface area contributed by atoms with Crippen molar-refractivity contribution in [1.29, 1.82) is 0 Å². The van der Waals surface area contributed by atoms with Gasteiger partial charge in [0.05, 0.1) is 12.3 Å². The maximum absolute atomic E-state index is 5.60. The van der Waals surface area contributed by atoms with E-state index in [0.29, 0.717) is 23.3 Å². The van der Waals surface area contributed by atoms with Gasteiger partial charge in [0.2, 0.25) is 0 Å². The van der Waals surface area contributed by atoms with Crippen molar-refractivity contribution in [2.45, 2.75) is 18.9 Å². The van der Waals surface area contributed by atoms with E-state index in [0.717, 1.165) is 12.4 Å². The second-order valence-electron chi connectivity index (χ2n) is 4.16. The predicted octanol–water partition coefficient (Wildman–Crippen LogP) is 1.33. The van der Waals surface area contributed by atoms with Crippen molar-refractivity contribution < 1.29 is 4.74 Å². The first-order chi connectivity index (χ1) is 8.22. The molecular formula is C12H17N3OS. The van der Waals surface area contributed by atoms with E-state index in [4.69, 9.17) is 22.7 Å². The lowest BCUT2D eigenvalue weighted by Crippen LogP contribution is -2.30. The monoisotopic (exact) mass is 251 g/mol. The van der Waals surface area contributed by atoms with Gasteiger partial charge in [-0.05, 0) is 25.0 Å². The topological polar surface area (TPSA) is 51.4 Å². The molecule has 0 aromatic carbocycles. The summed E-state index contributed by atoms with van der Waals surface area (Å²) in [4.78, 5) is 7.10. The Morgan fingerprint density at radius 3 is 2.94 bits per heavy atom. The van der Waals surface area contributed by atoms with E-state index in [1.165, 1.54) is 12.8 Å². The van der Waals surface area contributed by atoms with Crippen LogP contribution in [0.5, 0.6) is 0 Å². The molecule has 0 unspecified atom stereocenters. The molecule has 0 spiro atoms. The number of nitrogens with zero attached hydrogens (tertiary/aromatic N) is 2. The van der Waals surface area contributed by atoms with E-state index in [-0.39, 0.29) is 0 Å². The molecule has 1 aromatic heterocycles. The molecule has 0 atom stereocenters. The fraction of sp³-hybridized carbons (Fsp3) is 0.500. The average Bonchev–Trinajstić information content (AvgIpc) is 3.14. The number of hydrogen-bond acceptors (Lipinski definition) is 4. The van der Waals surface area contributed by atoms with E-state index < -0.39 is 0 Å². The first-order valence-electron chi connectivity index (χ1n) is 5.75. The van der Waals surface area contributed by atoms with Crippen LogP contribution in [0.25, 0.3) is 0 Å². The van der Waals surface area contributed by atoms with Crippen molar-refractivity contribution in [3.8, 4) is 0 Å². The molecule has 17 heavy (non-hydrogen) atoms. The standard InChI is InChI=1S/C12H17N3OS/c1-16-8-7-15(9-5-6-9)11-4-2-3-10(14-11)12(13)17/h2-4,9H,5-8H2,1H3,(H2,13,17). The highest BCUT2D eigenvalue weighted by molar-refractivity contribution is 7.80. The molecule has 0 saturated heterocycles. The van der Waals surface area contributed by atoms with Gasteiger partial charge < -0.3 is 15.4 Å². The van der Waals surface area contributed by atoms with Gasteiger partial charge >= 0.3 is 0 Å². The number of ether oxygens (including phenoxy) is 1. The average molecular weight is 251 g/mol. The minimum Gasteiger partial charge on any atom is -0.388 e. The zero-order valence-electron chi connectivity index (χ0n) is 9.93. The van der Waals surface area contributed by atoms with Gasteiger partial charge in [0.25, 0.3) is 0 Å². The second-order valence-corrected chi connectivity index (χ2v) is 4.60. The van der Waals surface area contributed by atoms with E-state index >= 15 is 0 Å². The van der Waals surface area contributed by atoms with Crippen LogP contribution in [-0.4, -0.2) is 36.3 Å². The number of anilines is 1. The lowest BCUT2D eigenvalue weighted by atomic mass is 10.3. The summed E-state index contributed by atoms with van der Waals surface area (Å²) in [5.74, 6) is 0.940. The SMILES string of the molecule is COCCN(c1cccc(C(N)=S)n1)C1CC1. The van der Waals surface area contributed by atoms with Crippen molar-refractivity contribution >= 4 is 23.0 Å². The molecule has 92 valence electrons. The number of methoxy groups -OCH3 is 1. The Labute approximate surface area is 107 Å². The highest BCUT2D eigenvalue weighted by atomic mass is 32.1. The molecule has 0 aliphatic heterocycles. The highest BCUT2D eigenvalue weighted by Crippen LogP contribution is 2.30. The third kappa shape index (κ3) is 3.14. The Hall–Kier alpha value is -1.20. The zero-order chi connectivity index (χ0) is 12.3. The van der Waals surface area contributed by atoms with Crippen molar-refractivity contribution in [2.24, 2.45) is 5.73 Å². The Morgan fingerprint density at radius 2 is 2.35 bits per heavy atom. The Balaban J connectivity index is 2.16. The Kier molecular flexibility index (Phi) is 3.91. The van der Waals surface area contributed by atoms with Crippen molar-refractivity contribution in [3.05, 3.63) is 23.9 Å². The smallest absolute Gasteiger partial charge is 0.129 e. The van der Waals surface area contributed by atoms with Gasteiger partial charge in [-0.25, -0.2) is 4.98 Å². The second kappa shape index (κ2) is 5.42. The molecule has 1 aliphatic carbocycles. The quantitative estimate of drug-likeness (QED) is 0.773. The van der Waals surface area contributed by atoms with Crippen LogP contribution < -0.4 is 10.6 Å². The minimum atomic E-state index is 0.342. The maximum atomic E-state index is 5.60. The third-order valence-electron chi connectivity index (χ3n) is 2.81. The summed E-state index contributed by atoms with van der Waals surface area (Å²) >= 11 is 4.95. The van der Waals surface area contributed by atoms with Crippen LogP contribution in [0.3, 0.4) is 0 Å². The molecular weight excluding hydrogens is 234 g/mol. The molecule has 1 aliphatic rings. The lowest BCUT2D eigenvalue weighted by molar-refractivity contribution is 0.204. The number of thiocarbonyl (C=S) groups is 1. The van der Waals surface area contributed by atoms with E-state index in [1.54, 1.807) is 7.11 Å². The van der Waals surface area contributed by atoms with Gasteiger partial charge in [0, 0.05) is 19.7 Å². The van der Waals surface area contributed by atoms with Crippen LogP contribution in [0.4, 0.5) is 5.82 Å². The number of nitrogens with two attached hydrogens (primary N) is 1. The third-order valence-corrected chi connectivity index (χ3v) is 3.01. The number of pyridine rings is 1. The molecule has 1 heterocycles. The molecule has 0 amide bonds. The fourth-order valence-electron chi connectivity index (χ4n) is 1.78. The minimum absolute atomic E-state index is 0.342. The summed E-state index contributed by atoms with van der Waals surface area (Å²) in [5.41, 5.74) is 6.28. The molecule has 4 nitrogen and oxygen atoms in total. The molecule has 0 radical (unpaired) electrons. The highest BCUT2D eigenvalue weighted by Gasteiger charge is 2.29. The molecule has 1 saturated carbocycles. The van der Waals surface area contributed by atoms with Crippen molar-refractivity contribution in [2.75, 3.05) is 25.2 Å². The van der Waals surface area contributed by atoms with Crippen LogP contribution in [0.15, 0.2) is 18.2 Å². The summed E-state index contributed by atoms with van der Waals surface area (Å²) in [7, 11) is 1.71. The van der Waals surface area contributed by atoms with Gasteiger partial charge in [0.1, 0.15) is 10.8 Å². The first kappa shape index (κ1) is 12.3. The zero-order valence-corrected chi connectivity index (χ0v) is 10.7. The normalized spacial score (nSPS) is 14.6. The first-order valence-corrected chi connectivity index (χ1v) is 6.15. The van der Waals surface area contributed by atoms with Crippen molar-refractivity contribution in [1.82, 2.24) is 4.98 Å². The van der Waals surface area contributed by atoms with Crippen LogP contribution in [0.1, 0.15) is 18.5 Å². The van der Waals surface area contributed by atoms with Gasteiger partial charge in [0.15, 0.2) is 0 Å². The molecule has 1 aromatic rings. The van der Waals surface area contributed by atoms with E-state index in [2.05, 4.69) is 9.88 Å². The largest absolute Gasteiger partial charge is 0.388 e. The summed E-state index contributed by atoms with van der Waals surface area (Å²) in [6, 6.07) is 6.38. The number of aromatic nitrogens is 1. The van der Waals surface area contributed by atoms with Gasteiger partial charge in [-0.1, -0.05) is 18.3 Å². The van der Waals surface area contributed by atoms with E-state index in [1.807, 2.05) is 18.2 Å². The van der Waals surface area contributed by atoms with Crippen LogP contribution in [0, 0.1) is 0 Å². The van der Waals surface area contributed by atoms with Gasteiger partial charge in [-0.15, -0.1) is 0 Å². The van der Waals surface area contributed by atoms with Crippen LogP contribution in [-0.2, 0) is 4.74 Å². The fourth-order valence-corrected chi connectivity index (χ4v) is 1.89.